The van der Waals surface area contributed by atoms with Gasteiger partial charge in [0.15, 0.2) is 5.82 Å². The number of nitrogens with zero attached hydrogens (tertiary/aromatic N) is 3. The van der Waals surface area contributed by atoms with Crippen molar-refractivity contribution >= 4 is 34.8 Å². The number of amides is 1. The molecule has 1 aromatic carbocycles. The molecule has 8 nitrogen and oxygen atoms in total. The summed E-state index contributed by atoms with van der Waals surface area (Å²) in [5, 5.41) is 13.1. The number of carbonyl (C=O) groups is 1. The standard InChI is InChI=1S/C20H19Cl2N5O3/c1-27(2)15-4-3-7-23-17(15)18-25-16(12(10-28)19(29)26-18)20(30)24-9-11-5-6-13(21)14(22)8-11/h3-8,28H,9-10H2,1-2H3,(H,24,30)(H,25,26,29). The summed E-state index contributed by atoms with van der Waals surface area (Å²) < 4.78 is 0. The van der Waals surface area contributed by atoms with Crippen molar-refractivity contribution in [1.29, 1.82) is 0 Å². The molecule has 3 aromatic rings. The Labute approximate surface area is 182 Å². The number of anilines is 1. The molecule has 3 N–H and O–H groups in total. The molecule has 0 unspecified atom stereocenters. The van der Waals surface area contributed by atoms with Gasteiger partial charge in [0.05, 0.1) is 27.9 Å². The van der Waals surface area contributed by atoms with Crippen molar-refractivity contribution < 1.29 is 9.90 Å². The topological polar surface area (TPSA) is 111 Å². The van der Waals surface area contributed by atoms with Crippen molar-refractivity contribution in [3.05, 3.63) is 73.7 Å². The third-order valence-corrected chi connectivity index (χ3v) is 5.06. The van der Waals surface area contributed by atoms with E-state index in [9.17, 15) is 14.7 Å². The Kier molecular flexibility index (Phi) is 6.71. The first-order chi connectivity index (χ1) is 14.3. The van der Waals surface area contributed by atoms with Gasteiger partial charge < -0.3 is 20.3 Å². The van der Waals surface area contributed by atoms with Crippen molar-refractivity contribution in [1.82, 2.24) is 20.3 Å². The van der Waals surface area contributed by atoms with Crippen LogP contribution in [0.4, 0.5) is 5.69 Å². The van der Waals surface area contributed by atoms with E-state index in [2.05, 4.69) is 20.3 Å². The summed E-state index contributed by atoms with van der Waals surface area (Å²) in [4.78, 5) is 38.3. The van der Waals surface area contributed by atoms with Gasteiger partial charge >= 0.3 is 0 Å². The maximum atomic E-state index is 12.8. The van der Waals surface area contributed by atoms with Crippen LogP contribution in [0.5, 0.6) is 0 Å². The normalized spacial score (nSPS) is 10.7. The number of halogens is 2. The van der Waals surface area contributed by atoms with Gasteiger partial charge in [-0.25, -0.2) is 4.98 Å². The van der Waals surface area contributed by atoms with Crippen molar-refractivity contribution in [3.63, 3.8) is 0 Å². The third-order valence-electron chi connectivity index (χ3n) is 4.32. The second-order valence-electron chi connectivity index (χ2n) is 6.60. The molecular formula is C20H19Cl2N5O3. The SMILES string of the molecule is CN(C)c1cccnc1-c1nc(C(=O)NCc2ccc(Cl)c(Cl)c2)c(CO)c(=O)[nH]1. The number of pyridine rings is 1. The summed E-state index contributed by atoms with van der Waals surface area (Å²) in [5.74, 6) is -0.485. The van der Waals surface area contributed by atoms with Gasteiger partial charge in [-0.1, -0.05) is 29.3 Å². The zero-order chi connectivity index (χ0) is 21.8. The molecule has 0 saturated carbocycles. The number of carbonyl (C=O) groups excluding carboxylic acids is 1. The first-order valence-electron chi connectivity index (χ1n) is 8.90. The molecule has 3 rings (SSSR count). The van der Waals surface area contributed by atoms with Crippen LogP contribution in [-0.4, -0.2) is 40.1 Å². The fraction of sp³-hybridized carbons (Fsp3) is 0.200. The number of hydrogen-bond donors (Lipinski definition) is 3. The molecule has 2 heterocycles. The first-order valence-corrected chi connectivity index (χ1v) is 9.66. The van der Waals surface area contributed by atoms with Crippen LogP contribution in [0.1, 0.15) is 21.6 Å². The van der Waals surface area contributed by atoms with E-state index < -0.39 is 18.1 Å². The van der Waals surface area contributed by atoms with Crippen LogP contribution >= 0.6 is 23.2 Å². The lowest BCUT2D eigenvalue weighted by atomic mass is 10.2. The number of hydrogen-bond acceptors (Lipinski definition) is 6. The molecule has 10 heteroatoms. The second-order valence-corrected chi connectivity index (χ2v) is 7.41. The fourth-order valence-electron chi connectivity index (χ4n) is 2.80. The second kappa shape index (κ2) is 9.25. The Morgan fingerprint density at radius 3 is 2.67 bits per heavy atom. The highest BCUT2D eigenvalue weighted by atomic mass is 35.5. The van der Waals surface area contributed by atoms with Crippen LogP contribution < -0.4 is 15.8 Å². The number of aromatic amines is 1. The fourth-order valence-corrected chi connectivity index (χ4v) is 3.12. The van der Waals surface area contributed by atoms with Crippen molar-refractivity contribution in [2.45, 2.75) is 13.2 Å². The molecule has 2 aromatic heterocycles. The van der Waals surface area contributed by atoms with E-state index >= 15 is 0 Å². The Morgan fingerprint density at radius 2 is 2.00 bits per heavy atom. The van der Waals surface area contributed by atoms with Crippen molar-refractivity contribution in [2.75, 3.05) is 19.0 Å². The Hall–Kier alpha value is -2.94. The molecule has 0 atom stereocenters. The number of nitrogens with one attached hydrogen (secondary N) is 2. The molecule has 0 aliphatic carbocycles. The van der Waals surface area contributed by atoms with Gasteiger partial charge in [-0.05, 0) is 29.8 Å². The highest BCUT2D eigenvalue weighted by Crippen LogP contribution is 2.25. The lowest BCUT2D eigenvalue weighted by Crippen LogP contribution is -2.30. The zero-order valence-corrected chi connectivity index (χ0v) is 17.8. The van der Waals surface area contributed by atoms with E-state index in [1.807, 2.05) is 25.1 Å². The van der Waals surface area contributed by atoms with E-state index in [1.54, 1.807) is 30.5 Å². The van der Waals surface area contributed by atoms with Crippen LogP contribution in [0.15, 0.2) is 41.3 Å². The van der Waals surface area contributed by atoms with Gasteiger partial charge in [-0.15, -0.1) is 0 Å². The predicted molar refractivity (Wildman–Crippen MR) is 116 cm³/mol. The summed E-state index contributed by atoms with van der Waals surface area (Å²) in [5.41, 5.74) is 0.909. The summed E-state index contributed by atoms with van der Waals surface area (Å²) in [6.45, 7) is -0.502. The van der Waals surface area contributed by atoms with E-state index in [1.165, 1.54) is 0 Å². The number of benzene rings is 1. The Morgan fingerprint density at radius 1 is 1.23 bits per heavy atom. The summed E-state index contributed by atoms with van der Waals surface area (Å²) in [6, 6.07) is 8.54. The Bertz CT molecular complexity index is 1150. The largest absolute Gasteiger partial charge is 0.391 e. The van der Waals surface area contributed by atoms with Crippen LogP contribution in [0.3, 0.4) is 0 Å². The molecule has 1 amide bonds. The minimum Gasteiger partial charge on any atom is -0.391 e. The number of rotatable bonds is 6. The van der Waals surface area contributed by atoms with Crippen LogP contribution in [-0.2, 0) is 13.2 Å². The Balaban J connectivity index is 1.96. The van der Waals surface area contributed by atoms with E-state index in [0.29, 0.717) is 27.0 Å². The van der Waals surface area contributed by atoms with Gasteiger partial charge in [0.2, 0.25) is 0 Å². The number of aromatic nitrogens is 3. The minimum atomic E-state index is -0.638. The number of aliphatic hydroxyl groups excluding tert-OH is 1. The van der Waals surface area contributed by atoms with Gasteiger partial charge in [-0.3, -0.25) is 14.6 Å². The maximum absolute atomic E-state index is 12.8. The quantitative estimate of drug-likeness (QED) is 0.535. The third kappa shape index (κ3) is 4.62. The molecule has 0 bridgehead atoms. The zero-order valence-electron chi connectivity index (χ0n) is 16.2. The maximum Gasteiger partial charge on any atom is 0.270 e. The molecule has 0 aliphatic heterocycles. The molecule has 30 heavy (non-hydrogen) atoms. The summed E-state index contributed by atoms with van der Waals surface area (Å²) in [6.07, 6.45) is 1.56. The average molecular weight is 448 g/mol. The lowest BCUT2D eigenvalue weighted by Gasteiger charge is -2.16. The average Bonchev–Trinajstić information content (AvgIpc) is 2.73. The van der Waals surface area contributed by atoms with Crippen LogP contribution in [0, 0.1) is 0 Å². The highest BCUT2D eigenvalue weighted by Gasteiger charge is 2.20. The van der Waals surface area contributed by atoms with Gasteiger partial charge in [0.25, 0.3) is 11.5 Å². The molecule has 0 saturated heterocycles. The van der Waals surface area contributed by atoms with E-state index in [-0.39, 0.29) is 23.6 Å². The van der Waals surface area contributed by atoms with Crippen molar-refractivity contribution in [2.24, 2.45) is 0 Å². The molecule has 0 fully saturated rings. The van der Waals surface area contributed by atoms with Crippen molar-refractivity contribution in [3.8, 4) is 11.5 Å². The smallest absolute Gasteiger partial charge is 0.270 e. The molecular weight excluding hydrogens is 429 g/mol. The van der Waals surface area contributed by atoms with E-state index in [0.717, 1.165) is 0 Å². The number of H-pyrrole nitrogens is 1. The highest BCUT2D eigenvalue weighted by molar-refractivity contribution is 6.42. The lowest BCUT2D eigenvalue weighted by molar-refractivity contribution is 0.0942. The predicted octanol–water partition coefficient (Wildman–Crippen LogP) is 2.63. The van der Waals surface area contributed by atoms with Gasteiger partial charge in [0.1, 0.15) is 11.4 Å². The monoisotopic (exact) mass is 447 g/mol. The first kappa shape index (κ1) is 21.8. The summed E-state index contributed by atoms with van der Waals surface area (Å²) >= 11 is 11.9. The minimum absolute atomic E-state index is 0.126. The van der Waals surface area contributed by atoms with Crippen LogP contribution in [0.2, 0.25) is 10.0 Å². The summed E-state index contributed by atoms with van der Waals surface area (Å²) in [7, 11) is 3.65. The van der Waals surface area contributed by atoms with E-state index in [4.69, 9.17) is 23.2 Å². The molecule has 0 radical (unpaired) electrons. The van der Waals surface area contributed by atoms with Gasteiger partial charge in [0, 0.05) is 26.8 Å². The number of aliphatic hydroxyl groups is 1. The molecule has 156 valence electrons. The van der Waals surface area contributed by atoms with Crippen LogP contribution in [0.25, 0.3) is 11.5 Å². The molecule has 0 aliphatic rings. The van der Waals surface area contributed by atoms with Gasteiger partial charge in [-0.2, -0.15) is 0 Å². The molecule has 0 spiro atoms.